The summed E-state index contributed by atoms with van der Waals surface area (Å²) in [7, 11) is 0. The van der Waals surface area contributed by atoms with Gasteiger partial charge in [0.2, 0.25) is 0 Å². The van der Waals surface area contributed by atoms with E-state index in [-0.39, 0.29) is 11.0 Å². The van der Waals surface area contributed by atoms with E-state index >= 15 is 0 Å². The summed E-state index contributed by atoms with van der Waals surface area (Å²) in [6.45, 7) is 6.40. The molecule has 5 nitrogen and oxygen atoms in total. The van der Waals surface area contributed by atoms with E-state index in [4.69, 9.17) is 0 Å². The van der Waals surface area contributed by atoms with Crippen molar-refractivity contribution in [1.29, 1.82) is 0 Å². The number of pyridine rings is 1. The first-order chi connectivity index (χ1) is 9.70. The molecule has 0 aliphatic heterocycles. The molecular weight excluding hydrogens is 268 g/mol. The average molecular weight is 292 g/mol. The van der Waals surface area contributed by atoms with Crippen molar-refractivity contribution in [2.24, 2.45) is 0 Å². The van der Waals surface area contributed by atoms with Crippen molar-refractivity contribution >= 4 is 11.8 Å². The maximum Gasteiger partial charge on any atom is 0.335 e. The molecule has 0 saturated heterocycles. The van der Waals surface area contributed by atoms with Crippen molar-refractivity contribution in [1.82, 2.24) is 4.98 Å². The molecule has 1 saturated carbocycles. The molecule has 0 atom stereocenters. The van der Waals surface area contributed by atoms with Crippen LogP contribution >= 0.6 is 0 Å². The van der Waals surface area contributed by atoms with Gasteiger partial charge < -0.3 is 15.5 Å². The Morgan fingerprint density at radius 1 is 1.33 bits per heavy atom. The first-order valence-electron chi connectivity index (χ1n) is 7.42. The summed E-state index contributed by atoms with van der Waals surface area (Å²) in [6.07, 6.45) is 3.64. The monoisotopic (exact) mass is 292 g/mol. The topological polar surface area (TPSA) is 82.5 Å². The Morgan fingerprint density at radius 2 is 1.95 bits per heavy atom. The van der Waals surface area contributed by atoms with Gasteiger partial charge in [0.1, 0.15) is 5.82 Å². The maximum absolute atomic E-state index is 11.3. The Labute approximate surface area is 125 Å². The lowest BCUT2D eigenvalue weighted by atomic mass is 9.90. The van der Waals surface area contributed by atoms with Crippen molar-refractivity contribution in [3.05, 3.63) is 23.4 Å². The maximum atomic E-state index is 11.3. The molecule has 2 rings (SSSR count). The Balaban J connectivity index is 2.22. The van der Waals surface area contributed by atoms with Crippen LogP contribution in [0.25, 0.3) is 0 Å². The van der Waals surface area contributed by atoms with E-state index in [0.717, 1.165) is 31.4 Å². The minimum Gasteiger partial charge on any atom is -0.478 e. The highest BCUT2D eigenvalue weighted by atomic mass is 16.4. The Kier molecular flexibility index (Phi) is 4.23. The van der Waals surface area contributed by atoms with Gasteiger partial charge in [-0.1, -0.05) is 33.6 Å². The van der Waals surface area contributed by atoms with Crippen molar-refractivity contribution in [2.45, 2.75) is 57.5 Å². The summed E-state index contributed by atoms with van der Waals surface area (Å²) in [4.78, 5) is 15.7. The lowest BCUT2D eigenvalue weighted by Gasteiger charge is -2.24. The fourth-order valence-electron chi connectivity index (χ4n) is 2.59. The molecule has 1 aromatic heterocycles. The smallest absolute Gasteiger partial charge is 0.335 e. The zero-order chi connectivity index (χ0) is 15.7. The first kappa shape index (κ1) is 15.8. The molecule has 1 aliphatic rings. The molecule has 0 unspecified atom stereocenters. The number of rotatable bonds is 4. The molecule has 1 fully saturated rings. The third-order valence-corrected chi connectivity index (χ3v) is 3.97. The molecule has 0 spiro atoms. The third kappa shape index (κ3) is 3.94. The quantitative estimate of drug-likeness (QED) is 0.795. The molecular formula is C16H24N2O3. The van der Waals surface area contributed by atoms with Crippen LogP contribution in [-0.4, -0.2) is 33.3 Å². The van der Waals surface area contributed by atoms with Gasteiger partial charge in [-0.25, -0.2) is 9.78 Å². The van der Waals surface area contributed by atoms with Gasteiger partial charge in [-0.2, -0.15) is 0 Å². The number of hydrogen-bond donors (Lipinski definition) is 3. The van der Waals surface area contributed by atoms with Crippen LogP contribution in [-0.2, 0) is 5.41 Å². The second-order valence-electron chi connectivity index (χ2n) is 6.97. The summed E-state index contributed by atoms with van der Waals surface area (Å²) >= 11 is 0. The summed E-state index contributed by atoms with van der Waals surface area (Å²) in [5.41, 5.74) is 0.0220. The van der Waals surface area contributed by atoms with E-state index < -0.39 is 11.6 Å². The van der Waals surface area contributed by atoms with Crippen LogP contribution in [0.5, 0.6) is 0 Å². The number of nitrogens with one attached hydrogen (secondary N) is 1. The summed E-state index contributed by atoms with van der Waals surface area (Å²) in [5.74, 6) is -0.453. The van der Waals surface area contributed by atoms with Gasteiger partial charge in [0.25, 0.3) is 0 Å². The standard InChI is InChI=1S/C16H24N2O3/c1-15(2,3)12-8-11(14(19)20)9-13(18-12)17-10-16(21)6-4-5-7-16/h8-9,21H,4-7,10H2,1-3H3,(H,17,18)(H,19,20). The molecule has 0 radical (unpaired) electrons. The predicted molar refractivity (Wildman–Crippen MR) is 81.8 cm³/mol. The van der Waals surface area contributed by atoms with Gasteiger partial charge in [0.15, 0.2) is 0 Å². The zero-order valence-electron chi connectivity index (χ0n) is 12.9. The fraction of sp³-hybridized carbons (Fsp3) is 0.625. The Morgan fingerprint density at radius 3 is 2.48 bits per heavy atom. The fourth-order valence-corrected chi connectivity index (χ4v) is 2.59. The van der Waals surface area contributed by atoms with Crippen LogP contribution < -0.4 is 5.32 Å². The van der Waals surface area contributed by atoms with Crippen LogP contribution in [0.2, 0.25) is 0 Å². The van der Waals surface area contributed by atoms with Gasteiger partial charge in [-0.3, -0.25) is 0 Å². The van der Waals surface area contributed by atoms with Crippen molar-refractivity contribution < 1.29 is 15.0 Å². The Hall–Kier alpha value is -1.62. The second kappa shape index (κ2) is 5.64. The highest BCUT2D eigenvalue weighted by Gasteiger charge is 2.31. The van der Waals surface area contributed by atoms with E-state index in [1.54, 1.807) is 6.07 Å². The molecule has 116 valence electrons. The lowest BCUT2D eigenvalue weighted by molar-refractivity contribution is 0.0614. The molecule has 1 aromatic rings. The molecule has 3 N–H and O–H groups in total. The first-order valence-corrected chi connectivity index (χ1v) is 7.42. The number of hydrogen-bond acceptors (Lipinski definition) is 4. The minimum absolute atomic E-state index is 0.218. The van der Waals surface area contributed by atoms with E-state index in [1.165, 1.54) is 6.07 Å². The predicted octanol–water partition coefficient (Wildman–Crippen LogP) is 2.79. The van der Waals surface area contributed by atoms with Crippen LogP contribution in [0.3, 0.4) is 0 Å². The number of aromatic nitrogens is 1. The summed E-state index contributed by atoms with van der Waals surface area (Å²) in [5, 5.41) is 22.7. The number of aromatic carboxylic acids is 1. The lowest BCUT2D eigenvalue weighted by Crippen LogP contribution is -2.34. The number of carbonyl (C=O) groups is 1. The SMILES string of the molecule is CC(C)(C)c1cc(C(=O)O)cc(NCC2(O)CCCC2)n1. The molecule has 5 heteroatoms. The zero-order valence-corrected chi connectivity index (χ0v) is 12.9. The normalized spacial score (nSPS) is 17.7. The van der Waals surface area contributed by atoms with E-state index in [9.17, 15) is 15.0 Å². The van der Waals surface area contributed by atoms with Crippen molar-refractivity contribution in [2.75, 3.05) is 11.9 Å². The van der Waals surface area contributed by atoms with Gasteiger partial charge in [0.05, 0.1) is 11.2 Å². The highest BCUT2D eigenvalue weighted by molar-refractivity contribution is 5.88. The van der Waals surface area contributed by atoms with Crippen LogP contribution in [0.15, 0.2) is 12.1 Å². The summed E-state index contributed by atoms with van der Waals surface area (Å²) in [6, 6.07) is 3.13. The van der Waals surface area contributed by atoms with Gasteiger partial charge in [-0.15, -0.1) is 0 Å². The highest BCUT2D eigenvalue weighted by Crippen LogP contribution is 2.30. The number of carboxylic acid groups (broad SMARTS) is 1. The van der Waals surface area contributed by atoms with Crippen molar-refractivity contribution in [3.8, 4) is 0 Å². The third-order valence-electron chi connectivity index (χ3n) is 3.97. The number of carboxylic acids is 1. The second-order valence-corrected chi connectivity index (χ2v) is 6.97. The van der Waals surface area contributed by atoms with Gasteiger partial charge in [0, 0.05) is 17.7 Å². The minimum atomic E-state index is -0.967. The molecule has 21 heavy (non-hydrogen) atoms. The van der Waals surface area contributed by atoms with Gasteiger partial charge >= 0.3 is 5.97 Å². The van der Waals surface area contributed by atoms with E-state index in [1.807, 2.05) is 20.8 Å². The van der Waals surface area contributed by atoms with Gasteiger partial charge in [-0.05, 0) is 25.0 Å². The number of nitrogens with zero attached hydrogens (tertiary/aromatic N) is 1. The molecule has 0 bridgehead atoms. The molecule has 1 aliphatic carbocycles. The van der Waals surface area contributed by atoms with E-state index in [0.29, 0.717) is 12.4 Å². The average Bonchev–Trinajstić information content (AvgIpc) is 2.82. The number of aliphatic hydroxyl groups is 1. The van der Waals surface area contributed by atoms with E-state index in [2.05, 4.69) is 10.3 Å². The van der Waals surface area contributed by atoms with Crippen LogP contribution in [0.4, 0.5) is 5.82 Å². The molecule has 1 heterocycles. The molecule has 0 amide bonds. The van der Waals surface area contributed by atoms with Crippen molar-refractivity contribution in [3.63, 3.8) is 0 Å². The largest absolute Gasteiger partial charge is 0.478 e. The molecule has 0 aromatic carbocycles. The van der Waals surface area contributed by atoms with Crippen LogP contribution in [0, 0.1) is 0 Å². The summed E-state index contributed by atoms with van der Waals surface area (Å²) < 4.78 is 0. The number of anilines is 1. The van der Waals surface area contributed by atoms with Crippen LogP contribution in [0.1, 0.15) is 62.5 Å². The Bertz CT molecular complexity index is 529.